The summed E-state index contributed by atoms with van der Waals surface area (Å²) >= 11 is 12.6. The van der Waals surface area contributed by atoms with Gasteiger partial charge in [-0.3, -0.25) is 13.9 Å². The van der Waals surface area contributed by atoms with Gasteiger partial charge in [0.2, 0.25) is 21.8 Å². The van der Waals surface area contributed by atoms with Crippen molar-refractivity contribution in [2.24, 2.45) is 0 Å². The molecule has 0 saturated heterocycles. The van der Waals surface area contributed by atoms with Crippen LogP contribution in [0.5, 0.6) is 0 Å². The predicted molar refractivity (Wildman–Crippen MR) is 162 cm³/mol. The minimum atomic E-state index is -3.88. The average molecular weight is 605 g/mol. The molecule has 2 amide bonds. The highest BCUT2D eigenvalue weighted by atomic mass is 35.5. The van der Waals surface area contributed by atoms with E-state index in [9.17, 15) is 18.0 Å². The molecule has 3 aromatic carbocycles. The molecule has 0 radical (unpaired) electrons. The third kappa shape index (κ3) is 8.71. The number of nitrogens with one attached hydrogen (secondary N) is 1. The van der Waals surface area contributed by atoms with Crippen LogP contribution in [-0.2, 0) is 32.6 Å². The van der Waals surface area contributed by atoms with Gasteiger partial charge in [-0.2, -0.15) is 0 Å². The monoisotopic (exact) mass is 603 g/mol. The summed E-state index contributed by atoms with van der Waals surface area (Å²) < 4.78 is 26.9. The van der Waals surface area contributed by atoms with Crippen molar-refractivity contribution in [3.63, 3.8) is 0 Å². The first-order chi connectivity index (χ1) is 18.7. The maximum atomic E-state index is 14.1. The lowest BCUT2D eigenvalue weighted by atomic mass is 10.0. The molecule has 214 valence electrons. The summed E-state index contributed by atoms with van der Waals surface area (Å²) in [5.41, 5.74) is 1.84. The van der Waals surface area contributed by atoms with Crippen molar-refractivity contribution in [3.8, 4) is 0 Å². The van der Waals surface area contributed by atoms with E-state index in [0.717, 1.165) is 16.1 Å². The van der Waals surface area contributed by atoms with Gasteiger partial charge >= 0.3 is 0 Å². The molecule has 10 heteroatoms. The normalized spacial score (nSPS) is 12.5. The number of aryl methyl sites for hydroxylation is 1. The van der Waals surface area contributed by atoms with Crippen LogP contribution < -0.4 is 9.62 Å². The molecule has 0 spiro atoms. The fraction of sp³-hybridized carbons (Fsp3) is 0.333. The summed E-state index contributed by atoms with van der Waals surface area (Å²) in [5.74, 6) is -0.907. The smallest absolute Gasteiger partial charge is 0.244 e. The summed E-state index contributed by atoms with van der Waals surface area (Å²) in [6, 6.07) is 20.3. The van der Waals surface area contributed by atoms with Gasteiger partial charge in [0.05, 0.1) is 11.9 Å². The molecule has 0 fully saturated rings. The van der Waals surface area contributed by atoms with Crippen LogP contribution in [0.1, 0.15) is 37.5 Å². The van der Waals surface area contributed by atoms with Gasteiger partial charge in [0.15, 0.2) is 0 Å². The fourth-order valence-electron chi connectivity index (χ4n) is 4.31. The molecule has 0 aromatic heterocycles. The standard InChI is InChI=1S/C30H35Cl2N3O4S/c1-21-17-24(31)15-16-26(21)35(40(5,38)39)20-28(36)34(19-23-13-9-10-14-25(23)32)27(29(37)33-30(2,3)4)18-22-11-7-6-8-12-22/h6-17,27H,18-20H2,1-5H3,(H,33,37). The van der Waals surface area contributed by atoms with Gasteiger partial charge in [-0.05, 0) is 68.7 Å². The summed E-state index contributed by atoms with van der Waals surface area (Å²) in [5, 5.41) is 3.87. The second-order valence-corrected chi connectivity index (χ2v) is 13.5. The van der Waals surface area contributed by atoms with Gasteiger partial charge in [0, 0.05) is 28.5 Å². The maximum absolute atomic E-state index is 14.1. The van der Waals surface area contributed by atoms with Crippen molar-refractivity contribution in [2.75, 3.05) is 17.1 Å². The number of rotatable bonds is 10. The number of carbonyl (C=O) groups is 2. The molecule has 1 unspecified atom stereocenters. The molecule has 3 rings (SSSR count). The Bertz CT molecular complexity index is 1460. The molecule has 7 nitrogen and oxygen atoms in total. The summed E-state index contributed by atoms with van der Waals surface area (Å²) in [4.78, 5) is 29.3. The lowest BCUT2D eigenvalue weighted by molar-refractivity contribution is -0.140. The molecule has 3 aromatic rings. The average Bonchev–Trinajstić information content (AvgIpc) is 2.85. The lowest BCUT2D eigenvalue weighted by Gasteiger charge is -2.35. The fourth-order valence-corrected chi connectivity index (χ4v) is 5.64. The number of hydrogen-bond donors (Lipinski definition) is 1. The predicted octanol–water partition coefficient (Wildman–Crippen LogP) is 5.62. The van der Waals surface area contributed by atoms with E-state index in [-0.39, 0.29) is 18.9 Å². The highest BCUT2D eigenvalue weighted by Gasteiger charge is 2.34. The second-order valence-electron chi connectivity index (χ2n) is 10.8. The van der Waals surface area contributed by atoms with Crippen molar-refractivity contribution in [3.05, 3.63) is 99.5 Å². The molecular formula is C30H35Cl2N3O4S. The summed E-state index contributed by atoms with van der Waals surface area (Å²) in [7, 11) is -3.88. The van der Waals surface area contributed by atoms with Crippen molar-refractivity contribution >= 4 is 50.7 Å². The number of halogens is 2. The van der Waals surface area contributed by atoms with E-state index in [2.05, 4.69) is 5.32 Å². The second kappa shape index (κ2) is 13.1. The number of nitrogens with zero attached hydrogens (tertiary/aromatic N) is 2. The number of anilines is 1. The van der Waals surface area contributed by atoms with Crippen LogP contribution in [-0.4, -0.2) is 49.5 Å². The molecule has 0 aliphatic heterocycles. The van der Waals surface area contributed by atoms with E-state index in [1.165, 1.54) is 4.90 Å². The van der Waals surface area contributed by atoms with Gasteiger partial charge in [-0.25, -0.2) is 8.42 Å². The summed E-state index contributed by atoms with van der Waals surface area (Å²) in [6.07, 6.45) is 1.26. The van der Waals surface area contributed by atoms with Crippen molar-refractivity contribution in [1.82, 2.24) is 10.2 Å². The molecular weight excluding hydrogens is 569 g/mol. The van der Waals surface area contributed by atoms with Gasteiger partial charge < -0.3 is 10.2 Å². The minimum absolute atomic E-state index is 0.00473. The highest BCUT2D eigenvalue weighted by molar-refractivity contribution is 7.92. The Labute approximate surface area is 247 Å². The Morgan fingerprint density at radius 3 is 2.15 bits per heavy atom. The van der Waals surface area contributed by atoms with E-state index in [4.69, 9.17) is 23.2 Å². The first-order valence-electron chi connectivity index (χ1n) is 12.8. The van der Waals surface area contributed by atoms with E-state index in [0.29, 0.717) is 26.9 Å². The van der Waals surface area contributed by atoms with Crippen molar-refractivity contribution < 1.29 is 18.0 Å². The Morgan fingerprint density at radius 2 is 1.57 bits per heavy atom. The van der Waals surface area contributed by atoms with Crippen molar-refractivity contribution in [1.29, 1.82) is 0 Å². The van der Waals surface area contributed by atoms with Gasteiger partial charge in [0.25, 0.3) is 0 Å². The van der Waals surface area contributed by atoms with E-state index >= 15 is 0 Å². The molecule has 40 heavy (non-hydrogen) atoms. The number of carbonyl (C=O) groups excluding carboxylic acids is 2. The van der Waals surface area contributed by atoms with Crippen LogP contribution >= 0.6 is 23.2 Å². The number of amides is 2. The molecule has 0 aliphatic carbocycles. The molecule has 0 bridgehead atoms. The zero-order valence-corrected chi connectivity index (χ0v) is 25.6. The van der Waals surface area contributed by atoms with Crippen LogP contribution in [0.3, 0.4) is 0 Å². The molecule has 0 heterocycles. The quantitative estimate of drug-likeness (QED) is 0.326. The molecule has 1 N–H and O–H groups in total. The zero-order valence-electron chi connectivity index (χ0n) is 23.3. The molecule has 1 atom stereocenters. The Hall–Kier alpha value is -3.07. The maximum Gasteiger partial charge on any atom is 0.244 e. The van der Waals surface area contributed by atoms with Crippen LogP contribution in [0, 0.1) is 6.92 Å². The molecule has 0 aliphatic rings. The highest BCUT2D eigenvalue weighted by Crippen LogP contribution is 2.27. The largest absolute Gasteiger partial charge is 0.350 e. The van der Waals surface area contributed by atoms with Crippen LogP contribution in [0.15, 0.2) is 72.8 Å². The minimum Gasteiger partial charge on any atom is -0.350 e. The SMILES string of the molecule is Cc1cc(Cl)ccc1N(CC(=O)N(Cc1ccccc1Cl)C(Cc1ccccc1)C(=O)NC(C)(C)C)S(C)(=O)=O. The topological polar surface area (TPSA) is 86.8 Å². The van der Waals surface area contributed by atoms with Crippen LogP contribution in [0.25, 0.3) is 0 Å². The van der Waals surface area contributed by atoms with Crippen LogP contribution in [0.2, 0.25) is 10.0 Å². The van der Waals surface area contributed by atoms with E-state index < -0.39 is 34.1 Å². The Kier molecular flexibility index (Phi) is 10.3. The number of sulfonamides is 1. The third-order valence-corrected chi connectivity index (χ3v) is 7.90. The van der Waals surface area contributed by atoms with Crippen LogP contribution in [0.4, 0.5) is 5.69 Å². The van der Waals surface area contributed by atoms with E-state index in [1.54, 1.807) is 49.4 Å². The number of benzene rings is 3. The summed E-state index contributed by atoms with van der Waals surface area (Å²) in [6.45, 7) is 6.79. The molecule has 0 saturated carbocycles. The Morgan fingerprint density at radius 1 is 0.950 bits per heavy atom. The zero-order chi connectivity index (χ0) is 29.7. The third-order valence-electron chi connectivity index (χ3n) is 6.17. The van der Waals surface area contributed by atoms with Crippen molar-refractivity contribution in [2.45, 2.75) is 52.2 Å². The first kappa shape index (κ1) is 31.5. The van der Waals surface area contributed by atoms with Gasteiger partial charge in [-0.15, -0.1) is 0 Å². The van der Waals surface area contributed by atoms with Gasteiger partial charge in [-0.1, -0.05) is 71.7 Å². The lowest BCUT2D eigenvalue weighted by Crippen LogP contribution is -2.56. The van der Waals surface area contributed by atoms with Gasteiger partial charge in [0.1, 0.15) is 12.6 Å². The first-order valence-corrected chi connectivity index (χ1v) is 15.4. The Balaban J connectivity index is 2.10. The van der Waals surface area contributed by atoms with E-state index in [1.807, 2.05) is 51.1 Å². The number of hydrogen-bond acceptors (Lipinski definition) is 4.